The summed E-state index contributed by atoms with van der Waals surface area (Å²) in [6.07, 6.45) is 4.86. The predicted octanol–water partition coefficient (Wildman–Crippen LogP) is 3.03. The van der Waals surface area contributed by atoms with Crippen molar-refractivity contribution in [2.75, 3.05) is 11.1 Å². The number of carbonyl (C=O) groups excluding carboxylic acids is 2. The first kappa shape index (κ1) is 15.4. The van der Waals surface area contributed by atoms with Gasteiger partial charge in [0.25, 0.3) is 0 Å². The Hall–Kier alpha value is -1.62. The van der Waals surface area contributed by atoms with Gasteiger partial charge in [-0.25, -0.2) is 4.98 Å². The van der Waals surface area contributed by atoms with Gasteiger partial charge in [-0.05, 0) is 31.0 Å². The van der Waals surface area contributed by atoms with Gasteiger partial charge in [-0.2, -0.15) is 0 Å². The summed E-state index contributed by atoms with van der Waals surface area (Å²) in [6.45, 7) is 4.93. The number of carbonyl (C=O) groups is 2. The molecule has 0 bridgehead atoms. The number of pyridine rings is 1. The van der Waals surface area contributed by atoms with E-state index >= 15 is 0 Å². The lowest BCUT2D eigenvalue weighted by Crippen LogP contribution is -2.08. The van der Waals surface area contributed by atoms with E-state index in [1.54, 1.807) is 13.0 Å². The van der Waals surface area contributed by atoms with Gasteiger partial charge < -0.3 is 5.32 Å². The summed E-state index contributed by atoms with van der Waals surface area (Å²) in [5.74, 6) is 1.23. The van der Waals surface area contributed by atoms with Crippen molar-refractivity contribution in [3.8, 4) is 0 Å². The normalized spacial score (nSPS) is 10.7. The van der Waals surface area contributed by atoms with Crippen LogP contribution in [0.1, 0.15) is 31.5 Å². The van der Waals surface area contributed by atoms with E-state index in [2.05, 4.69) is 10.3 Å². The van der Waals surface area contributed by atoms with Crippen LogP contribution in [0, 0.1) is 6.92 Å². The number of nitrogens with zero attached hydrogens (tertiary/aromatic N) is 1. The number of hydrogen-bond donors (Lipinski definition) is 1. The molecular weight excluding hydrogens is 260 g/mol. The van der Waals surface area contributed by atoms with E-state index in [-0.39, 0.29) is 11.0 Å². The van der Waals surface area contributed by atoms with Crippen LogP contribution in [0.5, 0.6) is 0 Å². The molecular formula is C14H18N2O2S. The van der Waals surface area contributed by atoms with Crippen molar-refractivity contribution < 1.29 is 9.59 Å². The largest absolute Gasteiger partial charge is 0.311 e. The number of amides is 1. The third-order valence-corrected chi connectivity index (χ3v) is 3.16. The maximum absolute atomic E-state index is 10.9. The molecule has 0 saturated carbocycles. The Bertz CT molecular complexity index is 498. The lowest BCUT2D eigenvalue weighted by atomic mass is 10.2. The molecule has 1 heterocycles. The van der Waals surface area contributed by atoms with E-state index in [9.17, 15) is 9.59 Å². The summed E-state index contributed by atoms with van der Waals surface area (Å²) in [7, 11) is 0. The highest BCUT2D eigenvalue weighted by Gasteiger charge is 2.00. The first-order valence-corrected chi connectivity index (χ1v) is 7.02. The molecule has 1 N–H and O–H groups in total. The minimum Gasteiger partial charge on any atom is -0.311 e. The number of aryl methyl sites for hydroxylation is 1. The molecule has 0 unspecified atom stereocenters. The summed E-state index contributed by atoms with van der Waals surface area (Å²) in [5.41, 5.74) is 1.88. The molecule has 0 aliphatic rings. The average molecular weight is 278 g/mol. The van der Waals surface area contributed by atoms with Crippen LogP contribution in [-0.2, 0) is 9.59 Å². The minimum absolute atomic E-state index is 0.128. The fourth-order valence-corrected chi connectivity index (χ4v) is 2.02. The summed E-state index contributed by atoms with van der Waals surface area (Å²) < 4.78 is 0. The Morgan fingerprint density at radius 2 is 2.11 bits per heavy atom. The standard InChI is InChI=1S/C14H18N2O2S/c1-10-13(6-4-5-9-19-12(3)18)7-8-14(15-10)16-11(2)17/h4,6-8H,5,9H2,1-3H3,(H,15,16,17). The highest BCUT2D eigenvalue weighted by Crippen LogP contribution is 2.13. The topological polar surface area (TPSA) is 59.1 Å². The van der Waals surface area contributed by atoms with Gasteiger partial charge in [0.1, 0.15) is 5.82 Å². The van der Waals surface area contributed by atoms with E-state index in [1.807, 2.05) is 25.1 Å². The third-order valence-electron chi connectivity index (χ3n) is 2.32. The van der Waals surface area contributed by atoms with Crippen LogP contribution in [0.2, 0.25) is 0 Å². The molecule has 0 atom stereocenters. The van der Waals surface area contributed by atoms with Crippen molar-refractivity contribution in [3.05, 3.63) is 29.5 Å². The molecule has 4 nitrogen and oxygen atoms in total. The molecule has 0 aliphatic carbocycles. The van der Waals surface area contributed by atoms with Gasteiger partial charge in [0.15, 0.2) is 5.12 Å². The fourth-order valence-electron chi connectivity index (χ4n) is 1.48. The van der Waals surface area contributed by atoms with Gasteiger partial charge in [0.2, 0.25) is 5.91 Å². The number of thioether (sulfide) groups is 1. The zero-order valence-electron chi connectivity index (χ0n) is 11.4. The maximum atomic E-state index is 10.9. The van der Waals surface area contributed by atoms with Gasteiger partial charge in [0, 0.05) is 25.3 Å². The molecule has 102 valence electrons. The van der Waals surface area contributed by atoms with Gasteiger partial charge in [-0.3, -0.25) is 9.59 Å². The molecule has 0 spiro atoms. The first-order valence-electron chi connectivity index (χ1n) is 6.04. The lowest BCUT2D eigenvalue weighted by Gasteiger charge is -2.04. The van der Waals surface area contributed by atoms with Gasteiger partial charge in [-0.15, -0.1) is 0 Å². The number of allylic oxidation sites excluding steroid dienone is 1. The fraction of sp³-hybridized carbons (Fsp3) is 0.357. The molecule has 19 heavy (non-hydrogen) atoms. The maximum Gasteiger partial charge on any atom is 0.222 e. The summed E-state index contributed by atoms with van der Waals surface area (Å²) >= 11 is 1.33. The lowest BCUT2D eigenvalue weighted by molar-refractivity contribution is -0.114. The predicted molar refractivity (Wildman–Crippen MR) is 80.1 cm³/mol. The van der Waals surface area contributed by atoms with Crippen LogP contribution in [0.4, 0.5) is 5.82 Å². The number of rotatable bonds is 5. The molecule has 0 saturated heterocycles. The van der Waals surface area contributed by atoms with Crippen LogP contribution in [0.15, 0.2) is 18.2 Å². The SMILES string of the molecule is CC(=O)Nc1ccc(C=CCCSC(C)=O)c(C)n1. The van der Waals surface area contributed by atoms with E-state index in [0.29, 0.717) is 5.82 Å². The molecule has 1 aromatic heterocycles. The van der Waals surface area contributed by atoms with E-state index < -0.39 is 0 Å². The molecule has 1 rings (SSSR count). The minimum atomic E-state index is -0.128. The van der Waals surface area contributed by atoms with Crippen molar-refractivity contribution in [3.63, 3.8) is 0 Å². The summed E-state index contributed by atoms with van der Waals surface area (Å²) in [5, 5.41) is 2.79. The molecule has 0 radical (unpaired) electrons. The second-order valence-corrected chi connectivity index (χ2v) is 5.36. The Labute approximate surface area is 117 Å². The molecule has 0 aliphatic heterocycles. The highest BCUT2D eigenvalue weighted by atomic mass is 32.2. The Kier molecular flexibility index (Phi) is 6.29. The Morgan fingerprint density at radius 3 is 2.68 bits per heavy atom. The van der Waals surface area contributed by atoms with Crippen molar-refractivity contribution in [1.82, 2.24) is 4.98 Å². The van der Waals surface area contributed by atoms with Crippen LogP contribution in [-0.4, -0.2) is 21.8 Å². The van der Waals surface area contributed by atoms with Crippen molar-refractivity contribution in [1.29, 1.82) is 0 Å². The number of anilines is 1. The highest BCUT2D eigenvalue weighted by molar-refractivity contribution is 8.13. The number of aromatic nitrogens is 1. The molecule has 1 aromatic rings. The zero-order valence-corrected chi connectivity index (χ0v) is 12.2. The van der Waals surface area contributed by atoms with E-state index in [4.69, 9.17) is 0 Å². The van der Waals surface area contributed by atoms with E-state index in [1.165, 1.54) is 18.7 Å². The van der Waals surface area contributed by atoms with Crippen molar-refractivity contribution in [2.24, 2.45) is 0 Å². The molecule has 0 aromatic carbocycles. The van der Waals surface area contributed by atoms with Crippen LogP contribution in [0.25, 0.3) is 6.08 Å². The molecule has 5 heteroatoms. The van der Waals surface area contributed by atoms with Crippen molar-refractivity contribution in [2.45, 2.75) is 27.2 Å². The zero-order chi connectivity index (χ0) is 14.3. The monoisotopic (exact) mass is 278 g/mol. The first-order chi connectivity index (χ1) is 8.99. The quantitative estimate of drug-likeness (QED) is 0.841. The second kappa shape index (κ2) is 7.74. The third kappa shape index (κ3) is 6.20. The summed E-state index contributed by atoms with van der Waals surface area (Å²) in [4.78, 5) is 26.0. The van der Waals surface area contributed by atoms with Gasteiger partial charge in [-0.1, -0.05) is 23.9 Å². The second-order valence-electron chi connectivity index (χ2n) is 4.08. The number of nitrogens with one attached hydrogen (secondary N) is 1. The van der Waals surface area contributed by atoms with E-state index in [0.717, 1.165) is 23.4 Å². The number of hydrogen-bond acceptors (Lipinski definition) is 4. The average Bonchev–Trinajstić information content (AvgIpc) is 2.30. The Balaban J connectivity index is 2.57. The van der Waals surface area contributed by atoms with Crippen molar-refractivity contribution >= 4 is 34.7 Å². The smallest absolute Gasteiger partial charge is 0.222 e. The summed E-state index contributed by atoms with van der Waals surface area (Å²) in [6, 6.07) is 3.70. The molecule has 1 amide bonds. The van der Waals surface area contributed by atoms with Gasteiger partial charge in [0.05, 0.1) is 0 Å². The molecule has 0 fully saturated rings. The van der Waals surface area contributed by atoms with Crippen LogP contribution < -0.4 is 5.32 Å². The van der Waals surface area contributed by atoms with Gasteiger partial charge >= 0.3 is 0 Å². The van der Waals surface area contributed by atoms with Crippen LogP contribution >= 0.6 is 11.8 Å². The Morgan fingerprint density at radius 1 is 1.37 bits per heavy atom. The van der Waals surface area contributed by atoms with Crippen LogP contribution in [0.3, 0.4) is 0 Å².